The van der Waals surface area contributed by atoms with E-state index in [-0.39, 0.29) is 23.4 Å². The molecule has 2 aromatic heterocycles. The second kappa shape index (κ2) is 9.99. The fraction of sp³-hybridized carbons (Fsp3) is 0.182. The van der Waals surface area contributed by atoms with Crippen LogP contribution in [0.5, 0.6) is 0 Å². The molecule has 166 valence electrons. The molecule has 2 amide bonds. The van der Waals surface area contributed by atoms with Gasteiger partial charge in [0.05, 0.1) is 23.5 Å². The number of halogens is 4. The Kier molecular flexibility index (Phi) is 7.14. The highest BCUT2D eigenvalue weighted by Crippen LogP contribution is 2.26. The third kappa shape index (κ3) is 5.45. The number of amides is 2. The zero-order chi connectivity index (χ0) is 23.3. The second-order valence-electron chi connectivity index (χ2n) is 6.76. The number of nitrogens with zero attached hydrogens (tertiary/aromatic N) is 3. The first-order chi connectivity index (χ1) is 15.3. The lowest BCUT2D eigenvalue weighted by Crippen LogP contribution is -2.33. The van der Waals surface area contributed by atoms with Crippen LogP contribution in [0.15, 0.2) is 54.9 Å². The minimum atomic E-state index is -2.81. The molecular formula is C22H18F4N4O2. The van der Waals surface area contributed by atoms with Crippen LogP contribution in [0.25, 0.3) is 11.3 Å². The molecule has 3 rings (SSSR count). The Balaban J connectivity index is 1.72. The van der Waals surface area contributed by atoms with Gasteiger partial charge in [-0.2, -0.15) is 4.39 Å². The number of carbonyl (C=O) groups is 2. The maximum atomic E-state index is 14.5. The quantitative estimate of drug-likeness (QED) is 0.440. The molecule has 1 N–H and O–H groups in total. The summed E-state index contributed by atoms with van der Waals surface area (Å²) in [4.78, 5) is 32.1. The summed E-state index contributed by atoms with van der Waals surface area (Å²) < 4.78 is 53.5. The summed E-state index contributed by atoms with van der Waals surface area (Å²) in [6.45, 7) is 0.0958. The minimum Gasteiger partial charge on any atom is -0.348 e. The number of aromatic nitrogens is 2. The van der Waals surface area contributed by atoms with Crippen LogP contribution in [0, 0.1) is 11.8 Å². The van der Waals surface area contributed by atoms with Crippen molar-refractivity contribution in [1.29, 1.82) is 0 Å². The van der Waals surface area contributed by atoms with Crippen molar-refractivity contribution < 1.29 is 27.2 Å². The van der Waals surface area contributed by atoms with Crippen molar-refractivity contribution in [1.82, 2.24) is 15.3 Å². The molecule has 0 saturated heterocycles. The Morgan fingerprint density at radius 1 is 1.09 bits per heavy atom. The fourth-order valence-electron chi connectivity index (χ4n) is 2.95. The van der Waals surface area contributed by atoms with E-state index in [4.69, 9.17) is 0 Å². The smallest absolute Gasteiger partial charge is 0.256 e. The van der Waals surface area contributed by atoms with Crippen LogP contribution in [-0.2, 0) is 11.3 Å². The van der Waals surface area contributed by atoms with Gasteiger partial charge in [-0.3, -0.25) is 14.6 Å². The third-order valence-electron chi connectivity index (χ3n) is 4.54. The number of carbonyl (C=O) groups excluding carboxylic acids is 2. The lowest BCUT2D eigenvalue weighted by atomic mass is 10.1. The van der Waals surface area contributed by atoms with Crippen LogP contribution in [0.3, 0.4) is 0 Å². The first-order valence-electron chi connectivity index (χ1n) is 9.46. The largest absolute Gasteiger partial charge is 0.348 e. The average Bonchev–Trinajstić information content (AvgIpc) is 2.77. The molecular weight excluding hydrogens is 428 g/mol. The number of hydrogen-bond donors (Lipinski definition) is 1. The van der Waals surface area contributed by atoms with Gasteiger partial charge in [0.25, 0.3) is 12.3 Å². The van der Waals surface area contributed by atoms with Crippen molar-refractivity contribution in [3.05, 3.63) is 77.8 Å². The SMILES string of the molecule is CC(=O)N(CC(F)F)c1ccc(-c2ccc(C(=O)NCc3cccnc3F)cn2)cc1F. The van der Waals surface area contributed by atoms with Crippen LogP contribution in [0.2, 0.25) is 0 Å². The van der Waals surface area contributed by atoms with Crippen LogP contribution >= 0.6 is 0 Å². The maximum absolute atomic E-state index is 14.5. The van der Waals surface area contributed by atoms with E-state index in [1.165, 1.54) is 42.7 Å². The Hall–Kier alpha value is -3.82. The normalized spacial score (nSPS) is 10.8. The Morgan fingerprint density at radius 2 is 1.88 bits per heavy atom. The molecule has 0 spiro atoms. The van der Waals surface area contributed by atoms with Crippen molar-refractivity contribution in [3.8, 4) is 11.3 Å². The summed E-state index contributed by atoms with van der Waals surface area (Å²) in [6, 6.07) is 9.72. The van der Waals surface area contributed by atoms with E-state index < -0.39 is 36.5 Å². The van der Waals surface area contributed by atoms with E-state index in [0.717, 1.165) is 13.0 Å². The van der Waals surface area contributed by atoms with Gasteiger partial charge in [0.2, 0.25) is 11.9 Å². The minimum absolute atomic E-state index is 0.0573. The molecule has 0 radical (unpaired) electrons. The van der Waals surface area contributed by atoms with Gasteiger partial charge in [-0.25, -0.2) is 18.2 Å². The van der Waals surface area contributed by atoms with Crippen molar-refractivity contribution >= 4 is 17.5 Å². The Labute approximate surface area is 180 Å². The molecule has 1 aromatic carbocycles. The topological polar surface area (TPSA) is 75.2 Å². The van der Waals surface area contributed by atoms with Gasteiger partial charge in [0.15, 0.2) is 0 Å². The van der Waals surface area contributed by atoms with Gasteiger partial charge in [0, 0.05) is 37.0 Å². The van der Waals surface area contributed by atoms with E-state index in [9.17, 15) is 27.2 Å². The molecule has 0 unspecified atom stereocenters. The van der Waals surface area contributed by atoms with Crippen molar-refractivity contribution in [2.24, 2.45) is 0 Å². The second-order valence-corrected chi connectivity index (χ2v) is 6.76. The van der Waals surface area contributed by atoms with E-state index in [0.29, 0.717) is 16.2 Å². The van der Waals surface area contributed by atoms with E-state index in [1.807, 2.05) is 0 Å². The summed E-state index contributed by atoms with van der Waals surface area (Å²) in [5.74, 6) is -2.74. The molecule has 0 aliphatic carbocycles. The van der Waals surface area contributed by atoms with Gasteiger partial charge in [0.1, 0.15) is 5.82 Å². The number of rotatable bonds is 7. The third-order valence-corrected chi connectivity index (χ3v) is 4.54. The zero-order valence-electron chi connectivity index (χ0n) is 16.9. The lowest BCUT2D eigenvalue weighted by molar-refractivity contribution is -0.117. The summed E-state index contributed by atoms with van der Waals surface area (Å²) >= 11 is 0. The van der Waals surface area contributed by atoms with Gasteiger partial charge in [-0.05, 0) is 30.3 Å². The lowest BCUT2D eigenvalue weighted by Gasteiger charge is -2.21. The molecule has 3 aromatic rings. The van der Waals surface area contributed by atoms with Gasteiger partial charge in [-0.1, -0.05) is 12.1 Å². The molecule has 0 aliphatic heterocycles. The summed E-state index contributed by atoms with van der Waals surface area (Å²) in [7, 11) is 0. The van der Waals surface area contributed by atoms with Crippen LogP contribution in [0.4, 0.5) is 23.2 Å². The predicted molar refractivity (Wildman–Crippen MR) is 109 cm³/mol. The molecule has 0 atom stereocenters. The molecule has 0 bridgehead atoms. The van der Waals surface area contributed by atoms with E-state index in [2.05, 4.69) is 15.3 Å². The molecule has 32 heavy (non-hydrogen) atoms. The van der Waals surface area contributed by atoms with Gasteiger partial charge in [-0.15, -0.1) is 0 Å². The molecule has 10 heteroatoms. The molecule has 2 heterocycles. The number of benzene rings is 1. The standard InChI is InChI=1S/C22H18F4N4O2/c1-13(31)30(12-20(24)25)19-7-5-14(9-17(19)23)18-6-4-16(11-28-18)22(32)29-10-15-3-2-8-27-21(15)26/h2-9,11,20H,10,12H2,1H3,(H,29,32). The molecule has 6 nitrogen and oxygen atoms in total. The first kappa shape index (κ1) is 22.9. The van der Waals surface area contributed by atoms with E-state index in [1.54, 1.807) is 6.07 Å². The first-order valence-corrected chi connectivity index (χ1v) is 9.46. The number of pyridine rings is 2. The molecule has 0 aliphatic rings. The monoisotopic (exact) mass is 446 g/mol. The van der Waals surface area contributed by atoms with Crippen molar-refractivity contribution in [2.75, 3.05) is 11.4 Å². The van der Waals surface area contributed by atoms with Gasteiger partial charge < -0.3 is 10.2 Å². The van der Waals surface area contributed by atoms with Crippen molar-refractivity contribution in [3.63, 3.8) is 0 Å². The van der Waals surface area contributed by atoms with E-state index >= 15 is 0 Å². The average molecular weight is 446 g/mol. The summed E-state index contributed by atoms with van der Waals surface area (Å²) in [5, 5.41) is 2.55. The van der Waals surface area contributed by atoms with Gasteiger partial charge >= 0.3 is 0 Å². The number of hydrogen-bond acceptors (Lipinski definition) is 4. The summed E-state index contributed by atoms with van der Waals surface area (Å²) in [5.41, 5.74) is 0.826. The highest BCUT2D eigenvalue weighted by Gasteiger charge is 2.20. The van der Waals surface area contributed by atoms with Crippen LogP contribution in [-0.4, -0.2) is 34.8 Å². The summed E-state index contributed by atoms with van der Waals surface area (Å²) in [6.07, 6.45) is -0.239. The Bertz CT molecular complexity index is 1120. The van der Waals surface area contributed by atoms with Crippen LogP contribution in [0.1, 0.15) is 22.8 Å². The molecule has 0 fully saturated rings. The zero-order valence-corrected chi connectivity index (χ0v) is 16.9. The maximum Gasteiger partial charge on any atom is 0.256 e. The predicted octanol–water partition coefficient (Wildman–Crippen LogP) is 3.97. The molecule has 0 saturated carbocycles. The number of nitrogens with one attached hydrogen (secondary N) is 1. The number of anilines is 1. The Morgan fingerprint density at radius 3 is 2.47 bits per heavy atom. The van der Waals surface area contributed by atoms with Crippen LogP contribution < -0.4 is 10.2 Å². The highest BCUT2D eigenvalue weighted by atomic mass is 19.3. The number of alkyl halides is 2. The highest BCUT2D eigenvalue weighted by molar-refractivity contribution is 5.94. The van der Waals surface area contributed by atoms with Crippen molar-refractivity contribution in [2.45, 2.75) is 19.9 Å². The fourth-order valence-corrected chi connectivity index (χ4v) is 2.95.